The number of rotatable bonds is 4. The van der Waals surface area contributed by atoms with E-state index in [1.165, 1.54) is 12.1 Å². The van der Waals surface area contributed by atoms with E-state index in [4.69, 9.17) is 15.8 Å². The Morgan fingerprint density at radius 3 is 2.56 bits per heavy atom. The van der Waals surface area contributed by atoms with Crippen molar-refractivity contribution in [3.05, 3.63) is 34.3 Å². The van der Waals surface area contributed by atoms with Gasteiger partial charge in [-0.1, -0.05) is 17.7 Å². The zero-order valence-electron chi connectivity index (χ0n) is 8.91. The number of alkyl halides is 1. The van der Waals surface area contributed by atoms with Crippen LogP contribution >= 0.6 is 11.6 Å². The van der Waals surface area contributed by atoms with Crippen LogP contribution in [0.25, 0.3) is 0 Å². The summed E-state index contributed by atoms with van der Waals surface area (Å²) >= 11 is 5.77. The Hall–Kier alpha value is -0.650. The van der Waals surface area contributed by atoms with Gasteiger partial charge in [0.1, 0.15) is 6.67 Å². The quantitative estimate of drug-likeness (QED) is 0.787. The zero-order valence-corrected chi connectivity index (χ0v) is 10.5. The van der Waals surface area contributed by atoms with Gasteiger partial charge >= 0.3 is 0 Å². The summed E-state index contributed by atoms with van der Waals surface area (Å²) < 4.78 is 39.1. The summed E-state index contributed by atoms with van der Waals surface area (Å²) in [5.41, 5.74) is 0.928. The molecule has 1 atom stereocenters. The minimum Gasteiger partial charge on any atom is -0.262 e. The Morgan fingerprint density at radius 2 is 2.06 bits per heavy atom. The van der Waals surface area contributed by atoms with Gasteiger partial charge in [0.15, 0.2) is 0 Å². The molecule has 0 aliphatic rings. The van der Waals surface area contributed by atoms with Crippen LogP contribution in [0, 0.1) is 0 Å². The largest absolute Gasteiger partial charge is 0.264 e. The molecule has 0 heterocycles. The van der Waals surface area contributed by atoms with Gasteiger partial charge in [-0.05, 0) is 30.2 Å². The summed E-state index contributed by atoms with van der Waals surface area (Å²) in [4.78, 5) is 0. The summed E-state index contributed by atoms with van der Waals surface area (Å²) in [6.07, 6.45) is 0.281. The summed E-state index contributed by atoms with van der Waals surface area (Å²) in [6.45, 7) is 0.911. The number of benzene rings is 1. The smallest absolute Gasteiger partial charge is 0.262 e. The molecule has 0 aliphatic carbocycles. The van der Waals surface area contributed by atoms with E-state index in [0.29, 0.717) is 16.1 Å². The number of hydrogen-bond donors (Lipinski definition) is 0. The van der Waals surface area contributed by atoms with Crippen LogP contribution in [-0.2, 0) is 21.0 Å². The van der Waals surface area contributed by atoms with Crippen molar-refractivity contribution in [2.45, 2.75) is 19.7 Å². The van der Waals surface area contributed by atoms with Crippen molar-refractivity contribution < 1.29 is 17.0 Å². The van der Waals surface area contributed by atoms with Gasteiger partial charge in [-0.25, -0.2) is 4.39 Å². The summed E-state index contributed by atoms with van der Waals surface area (Å²) in [5, 5.41) is 0.356. The van der Waals surface area contributed by atoms with Crippen molar-refractivity contribution in [2.24, 2.45) is 0 Å². The number of hydrogen-bond acceptors (Lipinski definition) is 3. The van der Waals surface area contributed by atoms with Gasteiger partial charge in [0, 0.05) is 5.02 Å². The topological polar surface area (TPSA) is 43.4 Å². The molecular formula is C10H12ClFO3S. The van der Waals surface area contributed by atoms with Crippen molar-refractivity contribution in [2.75, 3.05) is 6.26 Å². The van der Waals surface area contributed by atoms with Crippen LogP contribution in [0.15, 0.2) is 18.2 Å². The van der Waals surface area contributed by atoms with Gasteiger partial charge < -0.3 is 0 Å². The van der Waals surface area contributed by atoms with E-state index in [1.807, 2.05) is 0 Å². The molecular weight excluding hydrogens is 255 g/mol. The number of halogens is 2. The second-order valence-electron chi connectivity index (χ2n) is 3.47. The average molecular weight is 267 g/mol. The van der Waals surface area contributed by atoms with Gasteiger partial charge in [-0.15, -0.1) is 0 Å². The lowest BCUT2D eigenvalue weighted by molar-refractivity contribution is 0.236. The van der Waals surface area contributed by atoms with Gasteiger partial charge in [0.25, 0.3) is 10.1 Å². The standard InChI is InChI=1S/C10H12ClFO3S/c1-7(15-16(2,13)14)9-3-8(6-12)4-10(11)5-9/h3-5,7H,6H2,1-2H3. The van der Waals surface area contributed by atoms with Crippen molar-refractivity contribution in [3.63, 3.8) is 0 Å². The molecule has 90 valence electrons. The van der Waals surface area contributed by atoms with Crippen LogP contribution in [0.4, 0.5) is 4.39 Å². The molecule has 0 saturated heterocycles. The lowest BCUT2D eigenvalue weighted by Crippen LogP contribution is -2.07. The predicted octanol–water partition coefficient (Wildman–Crippen LogP) is 2.85. The highest BCUT2D eigenvalue weighted by Crippen LogP contribution is 2.24. The molecule has 0 spiro atoms. The lowest BCUT2D eigenvalue weighted by Gasteiger charge is -2.12. The monoisotopic (exact) mass is 266 g/mol. The van der Waals surface area contributed by atoms with Gasteiger partial charge in [-0.2, -0.15) is 8.42 Å². The minimum absolute atomic E-state index is 0.356. The first-order chi connectivity index (χ1) is 7.31. The van der Waals surface area contributed by atoms with E-state index in [1.54, 1.807) is 13.0 Å². The molecule has 0 radical (unpaired) electrons. The van der Waals surface area contributed by atoms with E-state index < -0.39 is 22.9 Å². The van der Waals surface area contributed by atoms with E-state index in [0.717, 1.165) is 6.26 Å². The highest BCUT2D eigenvalue weighted by atomic mass is 35.5. The maximum atomic E-state index is 12.5. The van der Waals surface area contributed by atoms with E-state index in [2.05, 4.69) is 0 Å². The first kappa shape index (κ1) is 13.4. The van der Waals surface area contributed by atoms with Crippen LogP contribution in [0.1, 0.15) is 24.2 Å². The van der Waals surface area contributed by atoms with Crippen molar-refractivity contribution >= 4 is 21.7 Å². The van der Waals surface area contributed by atoms with Crippen molar-refractivity contribution in [1.29, 1.82) is 0 Å². The molecule has 16 heavy (non-hydrogen) atoms. The molecule has 0 fully saturated rings. The van der Waals surface area contributed by atoms with Crippen molar-refractivity contribution in [3.8, 4) is 0 Å². The van der Waals surface area contributed by atoms with Gasteiger partial charge in [0.2, 0.25) is 0 Å². The highest BCUT2D eigenvalue weighted by molar-refractivity contribution is 7.86. The maximum absolute atomic E-state index is 12.5. The molecule has 1 aromatic carbocycles. The lowest BCUT2D eigenvalue weighted by atomic mass is 10.1. The molecule has 3 nitrogen and oxygen atoms in total. The Morgan fingerprint density at radius 1 is 1.44 bits per heavy atom. The molecule has 0 saturated carbocycles. The van der Waals surface area contributed by atoms with Crippen LogP contribution in [-0.4, -0.2) is 14.7 Å². The van der Waals surface area contributed by atoms with Crippen molar-refractivity contribution in [1.82, 2.24) is 0 Å². The summed E-state index contributed by atoms with van der Waals surface area (Å²) in [7, 11) is -3.54. The third-order valence-electron chi connectivity index (χ3n) is 1.92. The second kappa shape index (κ2) is 5.12. The Bertz CT molecular complexity index is 473. The van der Waals surface area contributed by atoms with Crippen LogP contribution < -0.4 is 0 Å². The van der Waals surface area contributed by atoms with Crippen LogP contribution in [0.5, 0.6) is 0 Å². The van der Waals surface area contributed by atoms with Crippen LogP contribution in [0.3, 0.4) is 0 Å². The highest BCUT2D eigenvalue weighted by Gasteiger charge is 2.13. The van der Waals surface area contributed by atoms with E-state index in [9.17, 15) is 12.8 Å². The van der Waals surface area contributed by atoms with E-state index >= 15 is 0 Å². The van der Waals surface area contributed by atoms with Gasteiger partial charge in [-0.3, -0.25) is 4.18 Å². The third-order valence-corrected chi connectivity index (χ3v) is 2.78. The minimum atomic E-state index is -3.54. The average Bonchev–Trinajstić information content (AvgIpc) is 2.14. The zero-order chi connectivity index (χ0) is 12.3. The Kier molecular flexibility index (Phi) is 4.29. The SMILES string of the molecule is CC(OS(C)(=O)=O)c1cc(Cl)cc(CF)c1. The molecule has 0 bridgehead atoms. The molecule has 6 heteroatoms. The summed E-state index contributed by atoms with van der Waals surface area (Å²) in [5.74, 6) is 0. The van der Waals surface area contributed by atoms with E-state index in [-0.39, 0.29) is 0 Å². The second-order valence-corrected chi connectivity index (χ2v) is 5.51. The normalized spacial score (nSPS) is 13.8. The first-order valence-corrected chi connectivity index (χ1v) is 6.75. The molecule has 0 amide bonds. The molecule has 1 unspecified atom stereocenters. The molecule has 1 aromatic rings. The Labute approximate surface area is 99.3 Å². The fourth-order valence-electron chi connectivity index (χ4n) is 1.31. The Balaban J connectivity index is 2.99. The molecule has 0 aliphatic heterocycles. The van der Waals surface area contributed by atoms with Crippen LogP contribution in [0.2, 0.25) is 5.02 Å². The van der Waals surface area contributed by atoms with Gasteiger partial charge in [0.05, 0.1) is 12.4 Å². The predicted molar refractivity (Wildman–Crippen MR) is 60.6 cm³/mol. The summed E-state index contributed by atoms with van der Waals surface area (Å²) in [6, 6.07) is 4.57. The fourth-order valence-corrected chi connectivity index (χ4v) is 2.21. The molecule has 0 N–H and O–H groups in total. The molecule has 0 aromatic heterocycles. The fraction of sp³-hybridized carbons (Fsp3) is 0.400. The maximum Gasteiger partial charge on any atom is 0.264 e. The molecule has 1 rings (SSSR count). The first-order valence-electron chi connectivity index (χ1n) is 4.55. The third kappa shape index (κ3) is 4.08.